The monoisotopic (exact) mass is 141 g/mol. The van der Waals surface area contributed by atoms with Crippen LogP contribution in [-0.4, -0.2) is 24.3 Å². The number of aliphatic hydroxyl groups excluding tert-OH is 1. The van der Waals surface area contributed by atoms with Crippen molar-refractivity contribution in [2.45, 2.75) is 25.4 Å². The van der Waals surface area contributed by atoms with Gasteiger partial charge in [0, 0.05) is 0 Å². The van der Waals surface area contributed by atoms with Gasteiger partial charge in [-0.1, -0.05) is 0 Å². The molecule has 0 aromatic rings. The summed E-state index contributed by atoms with van der Waals surface area (Å²) in [6.45, 7) is 2.33. The molecule has 2 heteroatoms. The minimum atomic E-state index is 0.00106. The van der Waals surface area contributed by atoms with Crippen molar-refractivity contribution in [2.75, 3.05) is 13.1 Å². The van der Waals surface area contributed by atoms with E-state index in [-0.39, 0.29) is 6.10 Å². The summed E-state index contributed by atoms with van der Waals surface area (Å²) in [4.78, 5) is 0. The summed E-state index contributed by atoms with van der Waals surface area (Å²) < 4.78 is 0. The molecule has 0 spiro atoms. The van der Waals surface area contributed by atoms with Crippen molar-refractivity contribution in [3.8, 4) is 0 Å². The molecule has 0 bridgehead atoms. The van der Waals surface area contributed by atoms with Crippen molar-refractivity contribution in [1.29, 1.82) is 0 Å². The molecule has 58 valence electrons. The zero-order chi connectivity index (χ0) is 6.97. The number of fused-ring (bicyclic) bond motifs is 1. The van der Waals surface area contributed by atoms with E-state index in [2.05, 4.69) is 5.32 Å². The van der Waals surface area contributed by atoms with Crippen molar-refractivity contribution in [2.24, 2.45) is 11.8 Å². The number of aliphatic hydroxyl groups is 1. The van der Waals surface area contributed by atoms with Gasteiger partial charge in [-0.2, -0.15) is 0 Å². The van der Waals surface area contributed by atoms with Crippen molar-refractivity contribution in [1.82, 2.24) is 5.32 Å². The molecule has 0 aromatic heterocycles. The van der Waals surface area contributed by atoms with Gasteiger partial charge >= 0.3 is 0 Å². The number of hydrogen-bond acceptors (Lipinski definition) is 2. The van der Waals surface area contributed by atoms with Gasteiger partial charge in [0.25, 0.3) is 0 Å². The molecule has 1 aliphatic carbocycles. The predicted octanol–water partition coefficient (Wildman–Crippen LogP) is 0.367. The predicted molar refractivity (Wildman–Crippen MR) is 39.7 cm³/mol. The second-order valence-corrected chi connectivity index (χ2v) is 3.65. The standard InChI is InChI=1S/C8H15NO/c10-8-2-1-6-4-9-5-7(6)3-8/h6-10H,1-5H2/t6-,7+,8-/m0/s1. The van der Waals surface area contributed by atoms with Gasteiger partial charge in [-0.05, 0) is 44.2 Å². The highest BCUT2D eigenvalue weighted by Gasteiger charge is 2.32. The quantitative estimate of drug-likeness (QED) is 0.510. The van der Waals surface area contributed by atoms with Crippen LogP contribution >= 0.6 is 0 Å². The van der Waals surface area contributed by atoms with Gasteiger partial charge in [-0.25, -0.2) is 0 Å². The second kappa shape index (κ2) is 2.51. The van der Waals surface area contributed by atoms with Gasteiger partial charge in [0.05, 0.1) is 6.10 Å². The Balaban J connectivity index is 1.96. The lowest BCUT2D eigenvalue weighted by atomic mass is 9.80. The first-order chi connectivity index (χ1) is 4.86. The highest BCUT2D eigenvalue weighted by molar-refractivity contribution is 4.87. The molecule has 2 nitrogen and oxygen atoms in total. The van der Waals surface area contributed by atoms with E-state index in [9.17, 15) is 5.11 Å². The minimum absolute atomic E-state index is 0.00106. The third-order valence-electron chi connectivity index (χ3n) is 2.93. The number of rotatable bonds is 0. The van der Waals surface area contributed by atoms with E-state index in [4.69, 9.17) is 0 Å². The minimum Gasteiger partial charge on any atom is -0.393 e. The Kier molecular flexibility index (Phi) is 1.66. The Morgan fingerprint density at radius 2 is 1.90 bits per heavy atom. The SMILES string of the molecule is O[C@H]1CC[C@H]2CNC[C@H]2C1. The van der Waals surface area contributed by atoms with E-state index >= 15 is 0 Å². The zero-order valence-corrected chi connectivity index (χ0v) is 6.21. The molecule has 1 saturated heterocycles. The first kappa shape index (κ1) is 6.62. The largest absolute Gasteiger partial charge is 0.393 e. The average molecular weight is 141 g/mol. The first-order valence-electron chi connectivity index (χ1n) is 4.25. The molecule has 10 heavy (non-hydrogen) atoms. The van der Waals surface area contributed by atoms with Gasteiger partial charge < -0.3 is 10.4 Å². The first-order valence-corrected chi connectivity index (χ1v) is 4.25. The summed E-state index contributed by atoms with van der Waals surface area (Å²) in [6, 6.07) is 0. The van der Waals surface area contributed by atoms with Gasteiger partial charge in [-0.15, -0.1) is 0 Å². The Bertz CT molecular complexity index is 126. The van der Waals surface area contributed by atoms with Crippen LogP contribution in [0.25, 0.3) is 0 Å². The molecule has 0 unspecified atom stereocenters. The fourth-order valence-corrected chi connectivity index (χ4v) is 2.27. The van der Waals surface area contributed by atoms with Crippen LogP contribution in [0.15, 0.2) is 0 Å². The summed E-state index contributed by atoms with van der Waals surface area (Å²) in [5.74, 6) is 1.66. The van der Waals surface area contributed by atoms with E-state index in [1.165, 1.54) is 13.0 Å². The molecule has 0 aromatic carbocycles. The van der Waals surface area contributed by atoms with Crippen LogP contribution in [-0.2, 0) is 0 Å². The highest BCUT2D eigenvalue weighted by Crippen LogP contribution is 2.32. The lowest BCUT2D eigenvalue weighted by molar-refractivity contribution is 0.0867. The maximum Gasteiger partial charge on any atom is 0.0543 e. The normalized spacial score (nSPS) is 47.1. The van der Waals surface area contributed by atoms with Gasteiger partial charge in [0.2, 0.25) is 0 Å². The van der Waals surface area contributed by atoms with Crippen LogP contribution < -0.4 is 5.32 Å². The molecule has 1 heterocycles. The summed E-state index contributed by atoms with van der Waals surface area (Å²) in [6.07, 6.45) is 3.31. The van der Waals surface area contributed by atoms with Crippen LogP contribution in [0, 0.1) is 11.8 Å². The van der Waals surface area contributed by atoms with Crippen molar-refractivity contribution >= 4 is 0 Å². The molecule has 0 radical (unpaired) electrons. The van der Waals surface area contributed by atoms with Crippen molar-refractivity contribution in [3.05, 3.63) is 0 Å². The van der Waals surface area contributed by atoms with Crippen LogP contribution in [0.2, 0.25) is 0 Å². The molecule has 2 rings (SSSR count). The van der Waals surface area contributed by atoms with Crippen molar-refractivity contribution < 1.29 is 5.11 Å². The molecule has 2 aliphatic rings. The second-order valence-electron chi connectivity index (χ2n) is 3.65. The van der Waals surface area contributed by atoms with Gasteiger partial charge in [0.15, 0.2) is 0 Å². The van der Waals surface area contributed by atoms with Gasteiger partial charge in [0.1, 0.15) is 0 Å². The van der Waals surface area contributed by atoms with E-state index in [1.54, 1.807) is 0 Å². The van der Waals surface area contributed by atoms with E-state index in [1.807, 2.05) is 0 Å². The topological polar surface area (TPSA) is 32.3 Å². The molecular formula is C8H15NO. The molecule has 0 amide bonds. The van der Waals surface area contributed by atoms with E-state index in [0.29, 0.717) is 0 Å². The lowest BCUT2D eigenvalue weighted by Crippen LogP contribution is -2.26. The fourth-order valence-electron chi connectivity index (χ4n) is 2.27. The molecular weight excluding hydrogens is 126 g/mol. The Hall–Kier alpha value is -0.0800. The summed E-state index contributed by atoms with van der Waals surface area (Å²) in [5, 5.41) is 12.7. The number of hydrogen-bond donors (Lipinski definition) is 2. The maximum absolute atomic E-state index is 9.33. The van der Waals surface area contributed by atoms with Crippen LogP contribution in [0.4, 0.5) is 0 Å². The smallest absolute Gasteiger partial charge is 0.0543 e. The highest BCUT2D eigenvalue weighted by atomic mass is 16.3. The molecule has 2 N–H and O–H groups in total. The average Bonchev–Trinajstić information content (AvgIpc) is 2.33. The summed E-state index contributed by atoms with van der Waals surface area (Å²) in [5.41, 5.74) is 0. The van der Waals surface area contributed by atoms with Crippen LogP contribution in [0.1, 0.15) is 19.3 Å². The van der Waals surface area contributed by atoms with E-state index in [0.717, 1.165) is 31.2 Å². The third-order valence-corrected chi connectivity index (χ3v) is 2.93. The maximum atomic E-state index is 9.33. The summed E-state index contributed by atoms with van der Waals surface area (Å²) in [7, 11) is 0. The molecule has 1 saturated carbocycles. The molecule has 2 fully saturated rings. The Morgan fingerprint density at radius 1 is 1.10 bits per heavy atom. The molecule has 3 atom stereocenters. The van der Waals surface area contributed by atoms with Crippen LogP contribution in [0.5, 0.6) is 0 Å². The number of nitrogens with one attached hydrogen (secondary N) is 1. The van der Waals surface area contributed by atoms with Crippen molar-refractivity contribution in [3.63, 3.8) is 0 Å². The van der Waals surface area contributed by atoms with Gasteiger partial charge in [-0.3, -0.25) is 0 Å². The Morgan fingerprint density at radius 3 is 2.80 bits per heavy atom. The molecule has 1 aliphatic heterocycles. The zero-order valence-electron chi connectivity index (χ0n) is 6.21. The lowest BCUT2D eigenvalue weighted by Gasteiger charge is -2.27. The fraction of sp³-hybridized carbons (Fsp3) is 1.00. The van der Waals surface area contributed by atoms with E-state index < -0.39 is 0 Å². The van der Waals surface area contributed by atoms with Crippen LogP contribution in [0.3, 0.4) is 0 Å². The third kappa shape index (κ3) is 1.06. The summed E-state index contributed by atoms with van der Waals surface area (Å²) >= 11 is 0. The Labute approximate surface area is 61.6 Å².